The fourth-order valence-electron chi connectivity index (χ4n) is 0.762. The van der Waals surface area contributed by atoms with E-state index in [1.54, 1.807) is 6.92 Å². The van der Waals surface area contributed by atoms with Crippen LogP contribution in [-0.4, -0.2) is 13.4 Å². The van der Waals surface area contributed by atoms with Crippen molar-refractivity contribution >= 4 is 21.6 Å². The average Bonchev–Trinajstić information content (AvgIpc) is 1.82. The van der Waals surface area contributed by atoms with Crippen LogP contribution in [0.3, 0.4) is 0 Å². The normalized spacial score (nSPS) is 11.6. The van der Waals surface area contributed by atoms with Crippen molar-refractivity contribution in [3.8, 4) is 0 Å². The quantitative estimate of drug-likeness (QED) is 0.688. The third kappa shape index (κ3) is 2.17. The second-order valence-electron chi connectivity index (χ2n) is 2.31. The first-order valence-corrected chi connectivity index (χ1v) is 4.99. The van der Waals surface area contributed by atoms with Gasteiger partial charge in [0.25, 0.3) is 0 Å². The monoisotopic (exact) mass is 206 g/mol. The number of nitrogens with two attached hydrogens (primary N) is 1. The van der Waals surface area contributed by atoms with Crippen LogP contribution in [0.1, 0.15) is 5.69 Å². The molecular formula is C6H7ClN2O2S. The lowest BCUT2D eigenvalue weighted by atomic mass is 10.4. The number of hydrogen-bond acceptors (Lipinski definition) is 3. The van der Waals surface area contributed by atoms with Crippen molar-refractivity contribution in [2.24, 2.45) is 5.14 Å². The van der Waals surface area contributed by atoms with E-state index >= 15 is 0 Å². The topological polar surface area (TPSA) is 73.1 Å². The zero-order valence-corrected chi connectivity index (χ0v) is 7.85. The molecule has 4 nitrogen and oxygen atoms in total. The van der Waals surface area contributed by atoms with Crippen molar-refractivity contribution in [2.75, 3.05) is 0 Å². The molecule has 1 aromatic heterocycles. The molecule has 0 saturated heterocycles. The number of nitrogens with zero attached hydrogens (tertiary/aromatic N) is 1. The maximum Gasteiger partial charge on any atom is 0.238 e. The zero-order chi connectivity index (χ0) is 9.35. The van der Waals surface area contributed by atoms with Crippen LogP contribution in [0.4, 0.5) is 0 Å². The highest BCUT2D eigenvalue weighted by molar-refractivity contribution is 7.89. The van der Waals surface area contributed by atoms with Gasteiger partial charge in [0.15, 0.2) is 0 Å². The molecule has 0 aliphatic carbocycles. The van der Waals surface area contributed by atoms with E-state index in [1.807, 2.05) is 0 Å². The molecule has 2 N–H and O–H groups in total. The molecule has 0 atom stereocenters. The van der Waals surface area contributed by atoms with Crippen LogP contribution in [0.15, 0.2) is 17.0 Å². The summed E-state index contributed by atoms with van der Waals surface area (Å²) in [7, 11) is -3.67. The molecule has 0 aliphatic rings. The summed E-state index contributed by atoms with van der Waals surface area (Å²) in [6.07, 6.45) is 0. The summed E-state index contributed by atoms with van der Waals surface area (Å²) < 4.78 is 21.7. The van der Waals surface area contributed by atoms with Crippen LogP contribution >= 0.6 is 11.6 Å². The molecule has 0 radical (unpaired) electrons. The predicted molar refractivity (Wildman–Crippen MR) is 45.4 cm³/mol. The Morgan fingerprint density at radius 1 is 1.50 bits per heavy atom. The predicted octanol–water partition coefficient (Wildman–Crippen LogP) is 0.691. The Morgan fingerprint density at radius 2 is 2.08 bits per heavy atom. The second-order valence-corrected chi connectivity index (χ2v) is 4.26. The van der Waals surface area contributed by atoms with Gasteiger partial charge in [0, 0.05) is 5.69 Å². The van der Waals surface area contributed by atoms with E-state index in [0.29, 0.717) is 5.69 Å². The number of hydrogen-bond donors (Lipinski definition) is 1. The number of primary sulfonamides is 1. The van der Waals surface area contributed by atoms with Crippen molar-refractivity contribution in [1.29, 1.82) is 0 Å². The molecule has 0 bridgehead atoms. The maximum atomic E-state index is 10.8. The Morgan fingerprint density at radius 3 is 2.50 bits per heavy atom. The number of halogens is 1. The van der Waals surface area contributed by atoms with E-state index in [4.69, 9.17) is 16.7 Å². The molecule has 0 fully saturated rings. The van der Waals surface area contributed by atoms with Gasteiger partial charge in [-0.1, -0.05) is 11.6 Å². The van der Waals surface area contributed by atoms with Crippen molar-refractivity contribution in [3.05, 3.63) is 23.0 Å². The Labute approximate surface area is 75.4 Å². The highest BCUT2D eigenvalue weighted by Crippen LogP contribution is 2.13. The lowest BCUT2D eigenvalue weighted by Gasteiger charge is -1.99. The lowest BCUT2D eigenvalue weighted by molar-refractivity contribution is 0.597. The smallest absolute Gasteiger partial charge is 0.238 e. The van der Waals surface area contributed by atoms with Crippen LogP contribution in [0.2, 0.25) is 5.15 Å². The molecule has 0 unspecified atom stereocenters. The van der Waals surface area contributed by atoms with Gasteiger partial charge in [0.05, 0.1) is 4.90 Å². The largest absolute Gasteiger partial charge is 0.241 e. The fraction of sp³-hybridized carbons (Fsp3) is 0.167. The Balaban J connectivity index is 3.37. The van der Waals surface area contributed by atoms with Gasteiger partial charge >= 0.3 is 0 Å². The van der Waals surface area contributed by atoms with Gasteiger partial charge in [-0.25, -0.2) is 18.5 Å². The third-order valence-corrected chi connectivity index (χ3v) is 2.31. The minimum atomic E-state index is -3.67. The lowest BCUT2D eigenvalue weighted by Crippen LogP contribution is -2.12. The average molecular weight is 207 g/mol. The van der Waals surface area contributed by atoms with E-state index in [0.717, 1.165) is 0 Å². The molecule has 0 spiro atoms. The number of aromatic nitrogens is 1. The van der Waals surface area contributed by atoms with Crippen molar-refractivity contribution < 1.29 is 8.42 Å². The molecule has 0 aromatic carbocycles. The first-order chi connectivity index (χ1) is 5.39. The van der Waals surface area contributed by atoms with Crippen LogP contribution in [0.25, 0.3) is 0 Å². The van der Waals surface area contributed by atoms with Gasteiger partial charge in [0.2, 0.25) is 10.0 Å². The van der Waals surface area contributed by atoms with Crippen molar-refractivity contribution in [3.63, 3.8) is 0 Å². The summed E-state index contributed by atoms with van der Waals surface area (Å²) in [5.41, 5.74) is 0.520. The van der Waals surface area contributed by atoms with Crippen LogP contribution in [-0.2, 0) is 10.0 Å². The van der Waals surface area contributed by atoms with Gasteiger partial charge in [-0.15, -0.1) is 0 Å². The van der Waals surface area contributed by atoms with Gasteiger partial charge in [0.1, 0.15) is 5.15 Å². The highest BCUT2D eigenvalue weighted by atomic mass is 35.5. The Bertz CT molecular complexity index is 382. The Kier molecular flexibility index (Phi) is 2.36. The minimum absolute atomic E-state index is 0.0139. The molecule has 6 heteroatoms. The minimum Gasteiger partial charge on any atom is -0.241 e. The first-order valence-electron chi connectivity index (χ1n) is 3.06. The van der Waals surface area contributed by atoms with Crippen LogP contribution in [0, 0.1) is 6.92 Å². The summed E-state index contributed by atoms with van der Waals surface area (Å²) >= 11 is 5.53. The summed E-state index contributed by atoms with van der Waals surface area (Å²) in [6, 6.07) is 2.57. The summed E-state index contributed by atoms with van der Waals surface area (Å²) in [5.74, 6) is 0. The number of pyridine rings is 1. The van der Waals surface area contributed by atoms with Crippen molar-refractivity contribution in [1.82, 2.24) is 4.98 Å². The Hall–Kier alpha value is -0.650. The number of aryl methyl sites for hydroxylation is 1. The maximum absolute atomic E-state index is 10.8. The molecule has 0 aliphatic heterocycles. The molecule has 1 heterocycles. The summed E-state index contributed by atoms with van der Waals surface area (Å²) in [6.45, 7) is 1.64. The van der Waals surface area contributed by atoms with Crippen LogP contribution in [0.5, 0.6) is 0 Å². The molecule has 1 rings (SSSR count). The third-order valence-electron chi connectivity index (χ3n) is 1.22. The molecule has 12 heavy (non-hydrogen) atoms. The van der Waals surface area contributed by atoms with Gasteiger partial charge < -0.3 is 0 Å². The van der Waals surface area contributed by atoms with E-state index in [-0.39, 0.29) is 10.0 Å². The highest BCUT2D eigenvalue weighted by Gasteiger charge is 2.09. The van der Waals surface area contributed by atoms with E-state index in [2.05, 4.69) is 4.98 Å². The molecule has 0 saturated carbocycles. The van der Waals surface area contributed by atoms with Crippen molar-refractivity contribution in [2.45, 2.75) is 11.8 Å². The fourth-order valence-corrected chi connectivity index (χ4v) is 1.69. The second kappa shape index (κ2) is 3.01. The molecular weight excluding hydrogens is 200 g/mol. The molecule has 66 valence electrons. The molecule has 1 aromatic rings. The molecule has 0 amide bonds. The first kappa shape index (κ1) is 9.44. The van der Waals surface area contributed by atoms with Gasteiger partial charge in [-0.3, -0.25) is 0 Å². The standard InChI is InChI=1S/C6H7ClN2O2S/c1-4-2-5(12(8,10)11)3-6(7)9-4/h2-3H,1H3,(H2,8,10,11). The SMILES string of the molecule is Cc1cc(S(N)(=O)=O)cc(Cl)n1. The van der Waals surface area contributed by atoms with Gasteiger partial charge in [-0.05, 0) is 19.1 Å². The van der Waals surface area contributed by atoms with E-state index < -0.39 is 10.0 Å². The number of sulfonamides is 1. The summed E-state index contributed by atoms with van der Waals surface area (Å²) in [4.78, 5) is 3.78. The zero-order valence-electron chi connectivity index (χ0n) is 6.28. The van der Waals surface area contributed by atoms with E-state index in [1.165, 1.54) is 12.1 Å². The van der Waals surface area contributed by atoms with E-state index in [9.17, 15) is 8.42 Å². The number of rotatable bonds is 1. The summed E-state index contributed by atoms with van der Waals surface area (Å²) in [5, 5.41) is 5.00. The van der Waals surface area contributed by atoms with Gasteiger partial charge in [-0.2, -0.15) is 0 Å². The van der Waals surface area contributed by atoms with Crippen LogP contribution < -0.4 is 5.14 Å².